The van der Waals surface area contributed by atoms with Crippen LogP contribution in [0.4, 0.5) is 8.78 Å². The van der Waals surface area contributed by atoms with Crippen molar-refractivity contribution in [3.05, 3.63) is 29.3 Å². The first-order chi connectivity index (χ1) is 9.29. The van der Waals surface area contributed by atoms with Crippen molar-refractivity contribution in [3.8, 4) is 0 Å². The number of nitrogens with one attached hydrogen (secondary N) is 1. The van der Waals surface area contributed by atoms with Crippen molar-refractivity contribution in [2.45, 2.75) is 37.6 Å². The molecule has 0 spiro atoms. The van der Waals surface area contributed by atoms with Gasteiger partial charge in [-0.05, 0) is 30.4 Å². The van der Waals surface area contributed by atoms with Gasteiger partial charge in [-0.1, -0.05) is 13.3 Å². The maximum absolute atomic E-state index is 14.0. The molecule has 1 aromatic rings. The van der Waals surface area contributed by atoms with E-state index in [4.69, 9.17) is 5.73 Å². The summed E-state index contributed by atoms with van der Waals surface area (Å²) in [6.07, 6.45) is 2.95. The minimum atomic E-state index is -4.00. The topological polar surface area (TPSA) is 72.2 Å². The largest absolute Gasteiger partial charge is 0.326 e. The lowest BCUT2D eigenvalue weighted by atomic mass is 9.71. The fourth-order valence-corrected chi connectivity index (χ4v) is 3.58. The number of rotatable bonds is 5. The molecule has 1 saturated carbocycles. The van der Waals surface area contributed by atoms with Crippen LogP contribution >= 0.6 is 0 Å². The highest BCUT2D eigenvalue weighted by molar-refractivity contribution is 7.89. The third-order valence-corrected chi connectivity index (χ3v) is 5.31. The third-order valence-electron chi connectivity index (χ3n) is 3.89. The molecule has 7 heteroatoms. The molecule has 0 unspecified atom stereocenters. The van der Waals surface area contributed by atoms with Gasteiger partial charge in [0.05, 0.1) is 0 Å². The standard InChI is InChI=1S/C13H18F2N2O2S/c1-13(5-2-6-13)8-17-20(18,19)11-4-3-10(14)9(7-16)12(11)15/h3-4,17H,2,5-8,16H2,1H3. The van der Waals surface area contributed by atoms with Gasteiger partial charge >= 0.3 is 0 Å². The molecule has 3 N–H and O–H groups in total. The molecule has 1 aliphatic rings. The Kier molecular flexibility index (Phi) is 4.13. The Labute approximate surface area is 117 Å². The molecule has 1 aliphatic carbocycles. The third kappa shape index (κ3) is 2.84. The average molecular weight is 304 g/mol. The highest BCUT2D eigenvalue weighted by Crippen LogP contribution is 2.39. The van der Waals surface area contributed by atoms with E-state index < -0.39 is 38.7 Å². The van der Waals surface area contributed by atoms with Crippen molar-refractivity contribution in [1.29, 1.82) is 0 Å². The van der Waals surface area contributed by atoms with Gasteiger partial charge in [-0.2, -0.15) is 0 Å². The summed E-state index contributed by atoms with van der Waals surface area (Å²) >= 11 is 0. The number of hydrogen-bond donors (Lipinski definition) is 2. The highest BCUT2D eigenvalue weighted by atomic mass is 32.2. The smallest absolute Gasteiger partial charge is 0.243 e. The fourth-order valence-electron chi connectivity index (χ4n) is 2.27. The van der Waals surface area contributed by atoms with Gasteiger partial charge in [0.1, 0.15) is 10.7 Å². The summed E-state index contributed by atoms with van der Waals surface area (Å²) in [5, 5.41) is 0. The van der Waals surface area contributed by atoms with E-state index in [2.05, 4.69) is 4.72 Å². The van der Waals surface area contributed by atoms with Crippen molar-refractivity contribution in [3.63, 3.8) is 0 Å². The van der Waals surface area contributed by atoms with Crippen LogP contribution in [0, 0.1) is 17.0 Å². The minimum Gasteiger partial charge on any atom is -0.326 e. The second-order valence-corrected chi connectivity index (χ2v) is 7.27. The molecule has 0 bridgehead atoms. The van der Waals surface area contributed by atoms with E-state index >= 15 is 0 Å². The van der Waals surface area contributed by atoms with E-state index in [0.717, 1.165) is 31.4 Å². The number of sulfonamides is 1. The van der Waals surface area contributed by atoms with E-state index in [0.29, 0.717) is 0 Å². The van der Waals surface area contributed by atoms with Crippen molar-refractivity contribution >= 4 is 10.0 Å². The summed E-state index contributed by atoms with van der Waals surface area (Å²) in [7, 11) is -4.00. The Hall–Kier alpha value is -1.05. The molecular weight excluding hydrogens is 286 g/mol. The predicted octanol–water partition coefficient (Wildman–Crippen LogP) is 1.89. The molecule has 0 aliphatic heterocycles. The molecule has 1 fully saturated rings. The molecular formula is C13H18F2N2O2S. The van der Waals surface area contributed by atoms with Gasteiger partial charge in [0.15, 0.2) is 5.82 Å². The average Bonchev–Trinajstić information content (AvgIpc) is 2.34. The zero-order valence-corrected chi connectivity index (χ0v) is 12.1. The van der Waals surface area contributed by atoms with Gasteiger partial charge in [-0.25, -0.2) is 21.9 Å². The van der Waals surface area contributed by atoms with E-state index in [1.165, 1.54) is 0 Å². The Morgan fingerprint density at radius 3 is 2.50 bits per heavy atom. The Morgan fingerprint density at radius 2 is 2.00 bits per heavy atom. The lowest BCUT2D eigenvalue weighted by Gasteiger charge is -2.38. The van der Waals surface area contributed by atoms with Crippen molar-refractivity contribution in [2.24, 2.45) is 11.1 Å². The Balaban J connectivity index is 2.25. The van der Waals surface area contributed by atoms with Crippen LogP contribution in [0.5, 0.6) is 0 Å². The molecule has 4 nitrogen and oxygen atoms in total. The lowest BCUT2D eigenvalue weighted by molar-refractivity contribution is 0.166. The normalized spacial score (nSPS) is 17.8. The SMILES string of the molecule is CC1(CNS(=O)(=O)c2ccc(F)c(CN)c2F)CCC1. The zero-order chi connectivity index (χ0) is 15.0. The summed E-state index contributed by atoms with van der Waals surface area (Å²) in [6.45, 7) is 1.84. The van der Waals surface area contributed by atoms with Crippen molar-refractivity contribution < 1.29 is 17.2 Å². The molecule has 0 radical (unpaired) electrons. The van der Waals surface area contributed by atoms with Crippen LogP contribution in [-0.2, 0) is 16.6 Å². The number of benzene rings is 1. The summed E-state index contributed by atoms with van der Waals surface area (Å²) in [6, 6.07) is 1.85. The summed E-state index contributed by atoms with van der Waals surface area (Å²) < 4.78 is 53.9. The molecule has 0 aromatic heterocycles. The van der Waals surface area contributed by atoms with Gasteiger partial charge in [-0.3, -0.25) is 0 Å². The predicted molar refractivity (Wildman–Crippen MR) is 71.4 cm³/mol. The second kappa shape index (κ2) is 5.38. The first-order valence-corrected chi connectivity index (χ1v) is 7.94. The zero-order valence-electron chi connectivity index (χ0n) is 11.2. The molecule has 0 amide bonds. The lowest BCUT2D eigenvalue weighted by Crippen LogP contribution is -2.40. The molecule has 20 heavy (non-hydrogen) atoms. The van der Waals surface area contributed by atoms with E-state index in [-0.39, 0.29) is 12.0 Å². The van der Waals surface area contributed by atoms with Crippen LogP contribution in [0.25, 0.3) is 0 Å². The van der Waals surface area contributed by atoms with Gasteiger partial charge < -0.3 is 5.73 Å². The van der Waals surface area contributed by atoms with Crippen LogP contribution in [-0.4, -0.2) is 15.0 Å². The van der Waals surface area contributed by atoms with Gasteiger partial charge in [0.2, 0.25) is 10.0 Å². The van der Waals surface area contributed by atoms with Crippen LogP contribution in [0.2, 0.25) is 0 Å². The van der Waals surface area contributed by atoms with Gasteiger partial charge in [0, 0.05) is 18.7 Å². The maximum atomic E-state index is 14.0. The van der Waals surface area contributed by atoms with Crippen LogP contribution in [0.1, 0.15) is 31.7 Å². The molecule has 0 saturated heterocycles. The monoisotopic (exact) mass is 304 g/mol. The highest BCUT2D eigenvalue weighted by Gasteiger charge is 2.33. The molecule has 112 valence electrons. The fraction of sp³-hybridized carbons (Fsp3) is 0.538. The van der Waals surface area contributed by atoms with Gasteiger partial charge in [0.25, 0.3) is 0 Å². The number of halogens is 2. The van der Waals surface area contributed by atoms with Crippen molar-refractivity contribution in [1.82, 2.24) is 4.72 Å². The van der Waals surface area contributed by atoms with Crippen LogP contribution < -0.4 is 10.5 Å². The van der Waals surface area contributed by atoms with E-state index in [1.807, 2.05) is 6.92 Å². The minimum absolute atomic E-state index is 0.0692. The Morgan fingerprint density at radius 1 is 1.35 bits per heavy atom. The summed E-state index contributed by atoms with van der Waals surface area (Å²) in [4.78, 5) is -0.553. The van der Waals surface area contributed by atoms with Crippen LogP contribution in [0.15, 0.2) is 17.0 Å². The van der Waals surface area contributed by atoms with E-state index in [1.54, 1.807) is 0 Å². The Bertz CT molecular complexity index is 613. The summed E-state index contributed by atoms with van der Waals surface area (Å²) in [5.74, 6) is -1.95. The maximum Gasteiger partial charge on any atom is 0.243 e. The molecule has 1 aromatic carbocycles. The number of nitrogens with two attached hydrogens (primary N) is 1. The van der Waals surface area contributed by atoms with Crippen LogP contribution in [0.3, 0.4) is 0 Å². The molecule has 0 atom stereocenters. The first kappa shape index (κ1) is 15.3. The van der Waals surface area contributed by atoms with Gasteiger partial charge in [-0.15, -0.1) is 0 Å². The second-order valence-electron chi connectivity index (χ2n) is 5.53. The first-order valence-electron chi connectivity index (χ1n) is 6.46. The quantitative estimate of drug-likeness (QED) is 0.872. The van der Waals surface area contributed by atoms with Crippen molar-refractivity contribution in [2.75, 3.05) is 6.54 Å². The molecule has 0 heterocycles. The molecule has 2 rings (SSSR count). The van der Waals surface area contributed by atoms with E-state index in [9.17, 15) is 17.2 Å². The number of hydrogen-bond acceptors (Lipinski definition) is 3. The summed E-state index contributed by atoms with van der Waals surface area (Å²) in [5.41, 5.74) is 4.76.